The average molecular weight is 364 g/mol. The maximum absolute atomic E-state index is 5.61. The van der Waals surface area contributed by atoms with Crippen molar-refractivity contribution in [1.82, 2.24) is 9.97 Å². The molecule has 0 radical (unpaired) electrons. The molecule has 0 atom stereocenters. The van der Waals surface area contributed by atoms with Gasteiger partial charge in [-0.15, -0.1) is 0 Å². The van der Waals surface area contributed by atoms with Crippen LogP contribution in [0, 0.1) is 0 Å². The molecular weight excluding hydrogens is 344 g/mol. The zero-order valence-corrected chi connectivity index (χ0v) is 14.9. The van der Waals surface area contributed by atoms with Crippen LogP contribution in [0.3, 0.4) is 0 Å². The van der Waals surface area contributed by atoms with Crippen molar-refractivity contribution in [1.29, 1.82) is 0 Å². The third kappa shape index (κ3) is 4.20. The van der Waals surface area contributed by atoms with E-state index in [1.54, 1.807) is 12.3 Å². The molecule has 7 nitrogen and oxygen atoms in total. The Balaban J connectivity index is 1.46. The monoisotopic (exact) mass is 364 g/mol. The van der Waals surface area contributed by atoms with Crippen molar-refractivity contribution in [3.8, 4) is 17.2 Å². The van der Waals surface area contributed by atoms with Crippen LogP contribution in [0.2, 0.25) is 0 Å². The normalized spacial score (nSPS) is 12.3. The molecule has 1 aliphatic rings. The van der Waals surface area contributed by atoms with Crippen molar-refractivity contribution in [2.45, 2.75) is 6.92 Å². The molecule has 3 aromatic rings. The predicted molar refractivity (Wildman–Crippen MR) is 104 cm³/mol. The first-order valence-corrected chi connectivity index (χ1v) is 8.80. The molecule has 0 spiro atoms. The Morgan fingerprint density at radius 2 is 1.70 bits per heavy atom. The topological polar surface area (TPSA) is 77.5 Å². The first-order valence-electron chi connectivity index (χ1n) is 8.80. The zero-order chi connectivity index (χ0) is 18.5. The van der Waals surface area contributed by atoms with Crippen molar-refractivity contribution < 1.29 is 14.2 Å². The van der Waals surface area contributed by atoms with E-state index < -0.39 is 0 Å². The van der Waals surface area contributed by atoms with Crippen molar-refractivity contribution in [2.75, 3.05) is 30.5 Å². The number of hydrogen-bond donors (Lipinski definition) is 2. The Bertz CT molecular complexity index is 915. The fraction of sp³-hybridized carbons (Fsp3) is 0.200. The molecule has 4 rings (SSSR count). The summed E-state index contributed by atoms with van der Waals surface area (Å²) < 4.78 is 16.6. The summed E-state index contributed by atoms with van der Waals surface area (Å²) in [5.41, 5.74) is 1.75. The second kappa shape index (κ2) is 7.82. The Morgan fingerprint density at radius 1 is 0.926 bits per heavy atom. The zero-order valence-electron chi connectivity index (χ0n) is 14.9. The molecule has 2 aromatic carbocycles. The number of fused-ring (bicyclic) bond motifs is 1. The summed E-state index contributed by atoms with van der Waals surface area (Å²) >= 11 is 0. The summed E-state index contributed by atoms with van der Waals surface area (Å²) in [5.74, 6) is 3.50. The number of ether oxygens (including phenoxy) is 3. The third-order valence-electron chi connectivity index (χ3n) is 3.89. The number of aromatic nitrogens is 2. The summed E-state index contributed by atoms with van der Waals surface area (Å²) in [5, 5.41) is 6.45. The lowest BCUT2D eigenvalue weighted by Crippen LogP contribution is -2.15. The van der Waals surface area contributed by atoms with Crippen molar-refractivity contribution >= 4 is 23.1 Å². The maximum Gasteiger partial charge on any atom is 0.229 e. The number of benzene rings is 2. The SMILES string of the molecule is CCOc1ccc(Nc2nccc(Nc3ccc4c(c3)OCCO4)n2)cc1. The molecule has 27 heavy (non-hydrogen) atoms. The highest BCUT2D eigenvalue weighted by atomic mass is 16.6. The fourth-order valence-corrected chi connectivity index (χ4v) is 2.69. The van der Waals surface area contributed by atoms with Gasteiger partial charge < -0.3 is 24.8 Å². The van der Waals surface area contributed by atoms with E-state index in [1.165, 1.54) is 0 Å². The standard InChI is InChI=1S/C20H20N4O3/c1-2-25-16-6-3-14(4-7-16)23-20-21-10-9-19(24-20)22-15-5-8-17-18(13-15)27-12-11-26-17/h3-10,13H,2,11-12H2,1H3,(H2,21,22,23,24). The van der Waals surface area contributed by atoms with Gasteiger partial charge in [-0.2, -0.15) is 4.98 Å². The van der Waals surface area contributed by atoms with Gasteiger partial charge in [0.2, 0.25) is 5.95 Å². The van der Waals surface area contributed by atoms with E-state index in [0.29, 0.717) is 31.6 Å². The lowest BCUT2D eigenvalue weighted by Gasteiger charge is -2.19. The second-order valence-corrected chi connectivity index (χ2v) is 5.83. The van der Waals surface area contributed by atoms with Crippen LogP contribution < -0.4 is 24.8 Å². The summed E-state index contributed by atoms with van der Waals surface area (Å²) in [7, 11) is 0. The van der Waals surface area contributed by atoms with Gasteiger partial charge in [0.1, 0.15) is 24.8 Å². The van der Waals surface area contributed by atoms with Crippen molar-refractivity contribution in [3.63, 3.8) is 0 Å². The largest absolute Gasteiger partial charge is 0.494 e. The highest BCUT2D eigenvalue weighted by Crippen LogP contribution is 2.33. The Labute approximate surface area is 157 Å². The molecule has 7 heteroatoms. The molecule has 0 amide bonds. The van der Waals surface area contributed by atoms with Crippen LogP contribution in [0.25, 0.3) is 0 Å². The lowest BCUT2D eigenvalue weighted by molar-refractivity contribution is 0.171. The smallest absolute Gasteiger partial charge is 0.229 e. The minimum absolute atomic E-state index is 0.502. The van der Waals surface area contributed by atoms with Crippen LogP contribution in [0.15, 0.2) is 54.7 Å². The molecule has 0 bridgehead atoms. The van der Waals surface area contributed by atoms with Crippen molar-refractivity contribution in [2.24, 2.45) is 0 Å². The summed E-state index contributed by atoms with van der Waals surface area (Å²) in [6, 6.07) is 15.2. The van der Waals surface area contributed by atoms with Gasteiger partial charge in [0.05, 0.1) is 6.61 Å². The van der Waals surface area contributed by atoms with E-state index in [9.17, 15) is 0 Å². The van der Waals surface area contributed by atoms with E-state index in [4.69, 9.17) is 14.2 Å². The molecule has 138 valence electrons. The Kier molecular flexibility index (Phi) is 4.91. The van der Waals surface area contributed by atoms with E-state index >= 15 is 0 Å². The van der Waals surface area contributed by atoms with Gasteiger partial charge >= 0.3 is 0 Å². The molecule has 0 fully saturated rings. The highest BCUT2D eigenvalue weighted by Gasteiger charge is 2.12. The first kappa shape index (κ1) is 17.0. The molecule has 0 unspecified atom stereocenters. The fourth-order valence-electron chi connectivity index (χ4n) is 2.69. The number of hydrogen-bond acceptors (Lipinski definition) is 7. The van der Waals surface area contributed by atoms with Crippen LogP contribution in [-0.2, 0) is 0 Å². The quantitative estimate of drug-likeness (QED) is 0.681. The van der Waals surface area contributed by atoms with Gasteiger partial charge in [0, 0.05) is 23.6 Å². The number of nitrogens with one attached hydrogen (secondary N) is 2. The van der Waals surface area contributed by atoms with E-state index in [0.717, 1.165) is 28.6 Å². The number of rotatable bonds is 6. The Morgan fingerprint density at radius 3 is 2.52 bits per heavy atom. The van der Waals surface area contributed by atoms with Crippen LogP contribution in [0.4, 0.5) is 23.1 Å². The van der Waals surface area contributed by atoms with Gasteiger partial charge in [-0.25, -0.2) is 4.98 Å². The predicted octanol–water partition coefficient (Wildman–Crippen LogP) is 4.13. The van der Waals surface area contributed by atoms with Crippen LogP contribution in [0.1, 0.15) is 6.92 Å². The van der Waals surface area contributed by atoms with E-state index in [2.05, 4.69) is 20.6 Å². The van der Waals surface area contributed by atoms with Gasteiger partial charge in [-0.05, 0) is 49.4 Å². The summed E-state index contributed by atoms with van der Waals surface area (Å²) in [6.07, 6.45) is 1.70. The molecule has 0 saturated heterocycles. The Hall–Kier alpha value is -3.48. The van der Waals surface area contributed by atoms with Gasteiger partial charge in [0.25, 0.3) is 0 Å². The average Bonchev–Trinajstić information content (AvgIpc) is 2.70. The van der Waals surface area contributed by atoms with Crippen LogP contribution in [0.5, 0.6) is 17.2 Å². The molecule has 0 aliphatic carbocycles. The van der Waals surface area contributed by atoms with E-state index in [1.807, 2.05) is 49.4 Å². The van der Waals surface area contributed by atoms with Crippen LogP contribution >= 0.6 is 0 Å². The third-order valence-corrected chi connectivity index (χ3v) is 3.89. The van der Waals surface area contributed by atoms with Gasteiger partial charge in [-0.1, -0.05) is 0 Å². The summed E-state index contributed by atoms with van der Waals surface area (Å²) in [6.45, 7) is 3.73. The molecule has 0 saturated carbocycles. The van der Waals surface area contributed by atoms with Gasteiger partial charge in [-0.3, -0.25) is 0 Å². The molecule has 2 heterocycles. The minimum Gasteiger partial charge on any atom is -0.494 e. The second-order valence-electron chi connectivity index (χ2n) is 5.83. The number of nitrogens with zero attached hydrogens (tertiary/aromatic N) is 2. The van der Waals surface area contributed by atoms with Gasteiger partial charge in [0.15, 0.2) is 11.5 Å². The molecule has 2 N–H and O–H groups in total. The lowest BCUT2D eigenvalue weighted by atomic mass is 10.2. The molecular formula is C20H20N4O3. The highest BCUT2D eigenvalue weighted by molar-refractivity contribution is 5.63. The first-order chi connectivity index (χ1) is 13.3. The van der Waals surface area contributed by atoms with Crippen LogP contribution in [-0.4, -0.2) is 29.8 Å². The molecule has 1 aliphatic heterocycles. The molecule has 1 aromatic heterocycles. The minimum atomic E-state index is 0.502. The van der Waals surface area contributed by atoms with Crippen molar-refractivity contribution in [3.05, 3.63) is 54.7 Å². The van der Waals surface area contributed by atoms with E-state index in [-0.39, 0.29) is 0 Å². The number of anilines is 4. The summed E-state index contributed by atoms with van der Waals surface area (Å²) in [4.78, 5) is 8.76. The maximum atomic E-state index is 5.61.